The third-order valence-electron chi connectivity index (χ3n) is 4.54. The number of carbonyl (C=O) groups is 2. The van der Waals surface area contributed by atoms with Gasteiger partial charge in [0.25, 0.3) is 0 Å². The van der Waals surface area contributed by atoms with E-state index in [2.05, 4.69) is 11.4 Å². The Labute approximate surface area is 145 Å². The second kappa shape index (κ2) is 8.94. The SMILES string of the molecule is CN(C)CCN(C)C(=O)CCC(=O)c1ccc2c(c1)CCNCC2. The Kier molecular flexibility index (Phi) is 6.94. The molecule has 1 aromatic rings. The van der Waals surface area contributed by atoms with Crippen molar-refractivity contribution in [2.45, 2.75) is 25.7 Å². The summed E-state index contributed by atoms with van der Waals surface area (Å²) in [4.78, 5) is 28.3. The molecule has 1 aliphatic rings. The number of nitrogens with zero attached hydrogens (tertiary/aromatic N) is 2. The van der Waals surface area contributed by atoms with E-state index in [1.54, 1.807) is 11.9 Å². The van der Waals surface area contributed by atoms with Crippen molar-refractivity contribution in [1.82, 2.24) is 15.1 Å². The normalized spacial score (nSPS) is 14.2. The zero-order valence-corrected chi connectivity index (χ0v) is 15.1. The molecule has 0 saturated carbocycles. The van der Waals surface area contributed by atoms with E-state index in [1.807, 2.05) is 31.1 Å². The van der Waals surface area contributed by atoms with Crippen molar-refractivity contribution < 1.29 is 9.59 Å². The number of benzene rings is 1. The van der Waals surface area contributed by atoms with Crippen molar-refractivity contribution in [2.75, 3.05) is 47.3 Å². The zero-order chi connectivity index (χ0) is 17.5. The lowest BCUT2D eigenvalue weighted by molar-refractivity contribution is -0.129. The second-order valence-electron chi connectivity index (χ2n) is 6.78. The number of Topliss-reactive ketones (excluding diaryl/α,β-unsaturated/α-hetero) is 1. The zero-order valence-electron chi connectivity index (χ0n) is 15.1. The first-order valence-electron chi connectivity index (χ1n) is 8.72. The Hall–Kier alpha value is -1.72. The molecule has 2 rings (SSSR count). The van der Waals surface area contributed by atoms with Gasteiger partial charge in [-0.3, -0.25) is 9.59 Å². The molecule has 0 atom stereocenters. The molecule has 1 aromatic carbocycles. The van der Waals surface area contributed by atoms with E-state index in [1.165, 1.54) is 11.1 Å². The Balaban J connectivity index is 1.88. The Morgan fingerprint density at radius 2 is 1.71 bits per heavy atom. The van der Waals surface area contributed by atoms with E-state index in [9.17, 15) is 9.59 Å². The largest absolute Gasteiger partial charge is 0.344 e. The lowest BCUT2D eigenvalue weighted by Crippen LogP contribution is -2.33. The highest BCUT2D eigenvalue weighted by molar-refractivity contribution is 5.98. The van der Waals surface area contributed by atoms with Crippen molar-refractivity contribution in [3.05, 3.63) is 34.9 Å². The number of hydrogen-bond acceptors (Lipinski definition) is 4. The summed E-state index contributed by atoms with van der Waals surface area (Å²) >= 11 is 0. The van der Waals surface area contributed by atoms with Crippen LogP contribution in [0.1, 0.15) is 34.3 Å². The van der Waals surface area contributed by atoms with Crippen molar-refractivity contribution in [3.8, 4) is 0 Å². The van der Waals surface area contributed by atoms with Crippen LogP contribution in [0.15, 0.2) is 18.2 Å². The van der Waals surface area contributed by atoms with E-state index < -0.39 is 0 Å². The number of likely N-dealkylation sites (N-methyl/N-ethyl adjacent to an activating group) is 2. The molecule has 1 N–H and O–H groups in total. The molecule has 1 aliphatic heterocycles. The van der Waals surface area contributed by atoms with Gasteiger partial charge in [-0.1, -0.05) is 12.1 Å². The lowest BCUT2D eigenvalue weighted by Gasteiger charge is -2.19. The Morgan fingerprint density at radius 1 is 1.00 bits per heavy atom. The molecule has 132 valence electrons. The number of hydrogen-bond donors (Lipinski definition) is 1. The van der Waals surface area contributed by atoms with Crippen LogP contribution in [0.5, 0.6) is 0 Å². The van der Waals surface area contributed by atoms with Gasteiger partial charge < -0.3 is 15.1 Å². The molecule has 24 heavy (non-hydrogen) atoms. The van der Waals surface area contributed by atoms with Gasteiger partial charge in [0.2, 0.25) is 5.91 Å². The summed E-state index contributed by atoms with van der Waals surface area (Å²) in [7, 11) is 5.76. The van der Waals surface area contributed by atoms with E-state index in [4.69, 9.17) is 0 Å². The molecule has 5 nitrogen and oxygen atoms in total. The minimum absolute atomic E-state index is 0.0316. The average Bonchev–Trinajstić information content (AvgIpc) is 2.81. The minimum Gasteiger partial charge on any atom is -0.344 e. The van der Waals surface area contributed by atoms with Crippen LogP contribution >= 0.6 is 0 Å². The van der Waals surface area contributed by atoms with Crippen LogP contribution in [0.4, 0.5) is 0 Å². The highest BCUT2D eigenvalue weighted by Gasteiger charge is 2.15. The summed E-state index contributed by atoms with van der Waals surface area (Å²) in [5.74, 6) is 0.0912. The lowest BCUT2D eigenvalue weighted by atomic mass is 9.97. The van der Waals surface area contributed by atoms with Gasteiger partial charge in [0, 0.05) is 38.5 Å². The Morgan fingerprint density at radius 3 is 2.42 bits per heavy atom. The fourth-order valence-corrected chi connectivity index (χ4v) is 2.88. The van der Waals surface area contributed by atoms with Gasteiger partial charge in [-0.25, -0.2) is 0 Å². The first kappa shape index (κ1) is 18.6. The van der Waals surface area contributed by atoms with E-state index >= 15 is 0 Å². The Bertz CT molecular complexity index is 584. The predicted molar refractivity (Wildman–Crippen MR) is 96.5 cm³/mol. The van der Waals surface area contributed by atoms with Crippen LogP contribution in [0.25, 0.3) is 0 Å². The monoisotopic (exact) mass is 331 g/mol. The predicted octanol–water partition coefficient (Wildman–Crippen LogP) is 1.36. The third kappa shape index (κ3) is 5.42. The molecule has 0 spiro atoms. The van der Waals surface area contributed by atoms with Gasteiger partial charge in [-0.2, -0.15) is 0 Å². The van der Waals surface area contributed by atoms with Crippen LogP contribution in [-0.2, 0) is 17.6 Å². The molecule has 0 unspecified atom stereocenters. The molecule has 0 aromatic heterocycles. The summed E-state index contributed by atoms with van der Waals surface area (Å²) in [6.07, 6.45) is 2.53. The molecular formula is C19H29N3O2. The molecule has 0 radical (unpaired) electrons. The van der Waals surface area contributed by atoms with Gasteiger partial charge in [-0.15, -0.1) is 0 Å². The number of amides is 1. The average molecular weight is 331 g/mol. The fourth-order valence-electron chi connectivity index (χ4n) is 2.88. The van der Waals surface area contributed by atoms with Gasteiger partial charge in [0.05, 0.1) is 0 Å². The van der Waals surface area contributed by atoms with E-state index in [0.29, 0.717) is 6.54 Å². The molecule has 0 bridgehead atoms. The van der Waals surface area contributed by atoms with Crippen LogP contribution in [0, 0.1) is 0 Å². The number of nitrogens with one attached hydrogen (secondary N) is 1. The van der Waals surface area contributed by atoms with Crippen molar-refractivity contribution >= 4 is 11.7 Å². The third-order valence-corrected chi connectivity index (χ3v) is 4.54. The minimum atomic E-state index is 0.0316. The van der Waals surface area contributed by atoms with Crippen LogP contribution in [-0.4, -0.2) is 68.8 Å². The topological polar surface area (TPSA) is 52.7 Å². The quantitative estimate of drug-likeness (QED) is 0.767. The molecule has 0 aliphatic carbocycles. The maximum Gasteiger partial charge on any atom is 0.222 e. The second-order valence-corrected chi connectivity index (χ2v) is 6.78. The summed E-state index contributed by atoms with van der Waals surface area (Å²) in [5, 5.41) is 3.38. The summed E-state index contributed by atoms with van der Waals surface area (Å²) in [6.45, 7) is 3.47. The van der Waals surface area contributed by atoms with Crippen molar-refractivity contribution in [3.63, 3.8) is 0 Å². The molecule has 0 fully saturated rings. The molecule has 1 heterocycles. The molecular weight excluding hydrogens is 302 g/mol. The smallest absolute Gasteiger partial charge is 0.222 e. The molecule has 5 heteroatoms. The van der Waals surface area contributed by atoms with Crippen LogP contribution in [0.3, 0.4) is 0 Å². The number of rotatable bonds is 7. The summed E-state index contributed by atoms with van der Waals surface area (Å²) < 4.78 is 0. The molecule has 0 saturated heterocycles. The number of ketones is 1. The van der Waals surface area contributed by atoms with Crippen molar-refractivity contribution in [1.29, 1.82) is 0 Å². The van der Waals surface area contributed by atoms with E-state index in [0.717, 1.165) is 38.0 Å². The van der Waals surface area contributed by atoms with Gasteiger partial charge in [0.15, 0.2) is 5.78 Å². The van der Waals surface area contributed by atoms with Gasteiger partial charge >= 0.3 is 0 Å². The maximum absolute atomic E-state index is 12.4. The highest BCUT2D eigenvalue weighted by atomic mass is 16.2. The first-order chi connectivity index (χ1) is 11.5. The standard InChI is InChI=1S/C19H29N3O2/c1-21(2)12-13-22(3)19(24)7-6-18(23)17-5-4-15-8-10-20-11-9-16(15)14-17/h4-5,14,20H,6-13H2,1-3H3. The van der Waals surface area contributed by atoms with Crippen LogP contribution < -0.4 is 5.32 Å². The fraction of sp³-hybridized carbons (Fsp3) is 0.579. The van der Waals surface area contributed by atoms with Gasteiger partial charge in [0.1, 0.15) is 0 Å². The molecule has 1 amide bonds. The first-order valence-corrected chi connectivity index (χ1v) is 8.72. The van der Waals surface area contributed by atoms with Crippen LogP contribution in [0.2, 0.25) is 0 Å². The van der Waals surface area contributed by atoms with Crippen molar-refractivity contribution in [2.24, 2.45) is 0 Å². The number of fused-ring (bicyclic) bond motifs is 1. The summed E-state index contributed by atoms with van der Waals surface area (Å²) in [6, 6.07) is 6.00. The van der Waals surface area contributed by atoms with E-state index in [-0.39, 0.29) is 24.5 Å². The summed E-state index contributed by atoms with van der Waals surface area (Å²) in [5.41, 5.74) is 3.33. The maximum atomic E-state index is 12.4. The number of carbonyl (C=O) groups excluding carboxylic acids is 2. The van der Waals surface area contributed by atoms with Gasteiger partial charge in [-0.05, 0) is 57.2 Å². The highest BCUT2D eigenvalue weighted by Crippen LogP contribution is 2.17.